The van der Waals surface area contributed by atoms with E-state index in [2.05, 4.69) is 10.3 Å². The molecule has 2 aromatic rings. The van der Waals surface area contributed by atoms with Crippen molar-refractivity contribution in [2.45, 2.75) is 33.1 Å². The summed E-state index contributed by atoms with van der Waals surface area (Å²) in [6.07, 6.45) is 0. The van der Waals surface area contributed by atoms with Gasteiger partial charge in [-0.15, -0.1) is 0 Å². The number of benzene rings is 1. The molecule has 0 aliphatic carbocycles. The monoisotopic (exact) mass is 264 g/mol. The standard InChI is InChI=1S/C15H18F2N2/c1-5-18-14-10(15(2,3)4)8-9-11(16)6-7-12(17)13(9)19-14/h6-8H,5H2,1-4H3,(H,18,19). The van der Waals surface area contributed by atoms with Gasteiger partial charge in [-0.3, -0.25) is 0 Å². The molecule has 2 nitrogen and oxygen atoms in total. The van der Waals surface area contributed by atoms with Crippen molar-refractivity contribution in [1.29, 1.82) is 0 Å². The van der Waals surface area contributed by atoms with Gasteiger partial charge in [0.1, 0.15) is 23.0 Å². The predicted molar refractivity (Wildman–Crippen MR) is 74.5 cm³/mol. The first-order valence-corrected chi connectivity index (χ1v) is 6.37. The van der Waals surface area contributed by atoms with Gasteiger partial charge in [0.15, 0.2) is 0 Å². The zero-order valence-corrected chi connectivity index (χ0v) is 11.6. The Bertz CT molecular complexity index is 616. The van der Waals surface area contributed by atoms with Gasteiger partial charge < -0.3 is 5.32 Å². The molecular formula is C15H18F2N2. The van der Waals surface area contributed by atoms with Crippen molar-refractivity contribution < 1.29 is 8.78 Å². The summed E-state index contributed by atoms with van der Waals surface area (Å²) in [5.41, 5.74) is 0.757. The highest BCUT2D eigenvalue weighted by Crippen LogP contribution is 2.32. The molecule has 0 amide bonds. The van der Waals surface area contributed by atoms with Crippen LogP contribution in [0.15, 0.2) is 18.2 Å². The summed E-state index contributed by atoms with van der Waals surface area (Å²) >= 11 is 0. The lowest BCUT2D eigenvalue weighted by Gasteiger charge is -2.23. The van der Waals surface area contributed by atoms with Crippen LogP contribution in [-0.4, -0.2) is 11.5 Å². The van der Waals surface area contributed by atoms with Crippen LogP contribution in [0.5, 0.6) is 0 Å². The van der Waals surface area contributed by atoms with Crippen LogP contribution in [0.1, 0.15) is 33.3 Å². The maximum atomic E-state index is 13.8. The Kier molecular flexibility index (Phi) is 3.43. The van der Waals surface area contributed by atoms with Crippen LogP contribution in [0.3, 0.4) is 0 Å². The molecule has 1 heterocycles. The van der Waals surface area contributed by atoms with E-state index >= 15 is 0 Å². The number of anilines is 1. The van der Waals surface area contributed by atoms with E-state index in [1.54, 1.807) is 6.07 Å². The minimum Gasteiger partial charge on any atom is -0.370 e. The normalized spacial score (nSPS) is 11.9. The molecule has 0 unspecified atom stereocenters. The average Bonchev–Trinajstić information content (AvgIpc) is 2.33. The van der Waals surface area contributed by atoms with Crippen molar-refractivity contribution >= 4 is 16.7 Å². The van der Waals surface area contributed by atoms with Gasteiger partial charge in [-0.2, -0.15) is 0 Å². The topological polar surface area (TPSA) is 24.9 Å². The van der Waals surface area contributed by atoms with Crippen molar-refractivity contribution in [2.24, 2.45) is 0 Å². The number of pyridine rings is 1. The van der Waals surface area contributed by atoms with Crippen molar-refractivity contribution in [3.63, 3.8) is 0 Å². The molecule has 0 saturated heterocycles. The highest BCUT2D eigenvalue weighted by molar-refractivity contribution is 5.83. The maximum Gasteiger partial charge on any atom is 0.149 e. The predicted octanol–water partition coefficient (Wildman–Crippen LogP) is 4.24. The number of nitrogens with zero attached hydrogens (tertiary/aromatic N) is 1. The molecule has 0 fully saturated rings. The first-order chi connectivity index (χ1) is 8.84. The SMILES string of the molecule is CCNc1nc2c(F)ccc(F)c2cc1C(C)(C)C. The van der Waals surface area contributed by atoms with Crippen molar-refractivity contribution in [3.8, 4) is 0 Å². The fraction of sp³-hybridized carbons (Fsp3) is 0.400. The molecule has 0 aliphatic heterocycles. The van der Waals surface area contributed by atoms with Gasteiger partial charge in [0.05, 0.1) is 0 Å². The molecule has 2 rings (SSSR count). The molecule has 0 atom stereocenters. The van der Waals surface area contributed by atoms with Crippen LogP contribution in [-0.2, 0) is 5.41 Å². The summed E-state index contributed by atoms with van der Waals surface area (Å²) in [6.45, 7) is 8.69. The van der Waals surface area contributed by atoms with Crippen LogP contribution < -0.4 is 5.32 Å². The molecule has 0 bridgehead atoms. The number of rotatable bonds is 2. The van der Waals surface area contributed by atoms with Crippen LogP contribution in [0.2, 0.25) is 0 Å². The molecule has 19 heavy (non-hydrogen) atoms. The van der Waals surface area contributed by atoms with Gasteiger partial charge in [-0.05, 0) is 30.5 Å². The van der Waals surface area contributed by atoms with Gasteiger partial charge in [-0.25, -0.2) is 13.8 Å². The summed E-state index contributed by atoms with van der Waals surface area (Å²) in [5, 5.41) is 3.35. The van der Waals surface area contributed by atoms with E-state index in [9.17, 15) is 8.78 Å². The lowest BCUT2D eigenvalue weighted by Crippen LogP contribution is -2.16. The number of hydrogen-bond donors (Lipinski definition) is 1. The zero-order chi connectivity index (χ0) is 14.2. The molecule has 0 saturated carbocycles. The second-order valence-corrected chi connectivity index (χ2v) is 5.59. The second-order valence-electron chi connectivity index (χ2n) is 5.59. The van der Waals surface area contributed by atoms with Crippen LogP contribution in [0.4, 0.5) is 14.6 Å². The molecule has 1 aromatic carbocycles. The fourth-order valence-corrected chi connectivity index (χ4v) is 2.07. The Morgan fingerprint density at radius 2 is 1.79 bits per heavy atom. The van der Waals surface area contributed by atoms with E-state index in [1.165, 1.54) is 0 Å². The quantitative estimate of drug-likeness (QED) is 0.877. The first-order valence-electron chi connectivity index (χ1n) is 6.37. The Morgan fingerprint density at radius 3 is 2.37 bits per heavy atom. The smallest absolute Gasteiger partial charge is 0.149 e. The number of fused-ring (bicyclic) bond motifs is 1. The van der Waals surface area contributed by atoms with Crippen molar-refractivity contribution in [3.05, 3.63) is 35.4 Å². The van der Waals surface area contributed by atoms with Gasteiger partial charge in [0.2, 0.25) is 0 Å². The molecule has 0 radical (unpaired) electrons. The Hall–Kier alpha value is -1.71. The lowest BCUT2D eigenvalue weighted by atomic mass is 9.86. The summed E-state index contributed by atoms with van der Waals surface area (Å²) in [4.78, 5) is 4.27. The fourth-order valence-electron chi connectivity index (χ4n) is 2.07. The molecule has 1 N–H and O–H groups in total. The number of aromatic nitrogens is 1. The molecule has 0 aliphatic rings. The van der Waals surface area contributed by atoms with Gasteiger partial charge >= 0.3 is 0 Å². The summed E-state index contributed by atoms with van der Waals surface area (Å²) in [5.74, 6) is -0.333. The number of halogens is 2. The molecule has 4 heteroatoms. The molecular weight excluding hydrogens is 246 g/mol. The third-order valence-electron chi connectivity index (χ3n) is 3.03. The summed E-state index contributed by atoms with van der Waals surface area (Å²) in [7, 11) is 0. The third-order valence-corrected chi connectivity index (χ3v) is 3.03. The molecule has 1 aromatic heterocycles. The van der Waals surface area contributed by atoms with Crippen molar-refractivity contribution in [1.82, 2.24) is 4.98 Å². The Balaban J connectivity index is 2.80. The molecule has 0 spiro atoms. The van der Waals surface area contributed by atoms with E-state index in [0.717, 1.165) is 17.7 Å². The minimum absolute atomic E-state index is 0.0731. The zero-order valence-electron chi connectivity index (χ0n) is 11.6. The third kappa shape index (κ3) is 2.53. The Morgan fingerprint density at radius 1 is 1.16 bits per heavy atom. The van der Waals surface area contributed by atoms with Crippen LogP contribution in [0.25, 0.3) is 10.9 Å². The summed E-state index contributed by atoms with van der Waals surface area (Å²) < 4.78 is 27.6. The highest BCUT2D eigenvalue weighted by Gasteiger charge is 2.21. The highest BCUT2D eigenvalue weighted by atomic mass is 19.1. The lowest BCUT2D eigenvalue weighted by molar-refractivity contribution is 0.587. The van der Waals surface area contributed by atoms with Gasteiger partial charge in [-0.1, -0.05) is 20.8 Å². The van der Waals surface area contributed by atoms with E-state index in [4.69, 9.17) is 0 Å². The molecule has 102 valence electrons. The van der Waals surface area contributed by atoms with E-state index in [-0.39, 0.29) is 16.3 Å². The average molecular weight is 264 g/mol. The first kappa shape index (κ1) is 13.7. The van der Waals surface area contributed by atoms with Crippen molar-refractivity contribution in [2.75, 3.05) is 11.9 Å². The summed E-state index contributed by atoms with van der Waals surface area (Å²) in [6, 6.07) is 3.94. The van der Waals surface area contributed by atoms with Crippen LogP contribution in [0, 0.1) is 11.6 Å². The largest absolute Gasteiger partial charge is 0.370 e. The maximum absolute atomic E-state index is 13.8. The Labute approximate surface area is 111 Å². The number of nitrogens with one attached hydrogen (secondary N) is 1. The minimum atomic E-state index is -0.504. The van der Waals surface area contributed by atoms with Gasteiger partial charge in [0.25, 0.3) is 0 Å². The van der Waals surface area contributed by atoms with Crippen LogP contribution >= 0.6 is 0 Å². The van der Waals surface area contributed by atoms with E-state index in [0.29, 0.717) is 12.4 Å². The van der Waals surface area contributed by atoms with Gasteiger partial charge in [0, 0.05) is 17.5 Å². The van der Waals surface area contributed by atoms with E-state index in [1.807, 2.05) is 27.7 Å². The second kappa shape index (κ2) is 4.76. The number of hydrogen-bond acceptors (Lipinski definition) is 2. The van der Waals surface area contributed by atoms with E-state index < -0.39 is 11.6 Å².